The lowest BCUT2D eigenvalue weighted by molar-refractivity contribution is -0.139. The normalized spacial score (nSPS) is 9.42. The summed E-state index contributed by atoms with van der Waals surface area (Å²) in [6.07, 6.45) is 5.04. The van der Waals surface area contributed by atoms with Gasteiger partial charge in [0.2, 0.25) is 5.91 Å². The molecule has 0 bridgehead atoms. The molecule has 6 nitrogen and oxygen atoms in total. The monoisotopic (exact) mass is 262 g/mol. The molecule has 0 aliphatic carbocycles. The van der Waals surface area contributed by atoms with Crippen LogP contribution < -0.4 is 15.4 Å². The molecule has 0 spiro atoms. The lowest BCUT2D eigenvalue weighted by Gasteiger charge is -2.11. The maximum Gasteiger partial charge on any atom is 0.341 e. The average molecular weight is 262 g/mol. The van der Waals surface area contributed by atoms with Crippen LogP contribution in [-0.2, 0) is 9.59 Å². The first kappa shape index (κ1) is 14.5. The molecular formula is C13H14N2O4. The van der Waals surface area contributed by atoms with E-state index in [1.165, 1.54) is 0 Å². The van der Waals surface area contributed by atoms with Gasteiger partial charge >= 0.3 is 5.97 Å². The molecule has 3 N–H and O–H groups in total. The van der Waals surface area contributed by atoms with Crippen LogP contribution in [0.1, 0.15) is 0 Å². The van der Waals surface area contributed by atoms with Gasteiger partial charge in [0.1, 0.15) is 5.75 Å². The number of carbonyl (C=O) groups is 2. The van der Waals surface area contributed by atoms with Crippen molar-refractivity contribution in [2.24, 2.45) is 0 Å². The molecule has 0 atom stereocenters. The molecule has 19 heavy (non-hydrogen) atoms. The Kier molecular flexibility index (Phi) is 5.92. The van der Waals surface area contributed by atoms with Crippen molar-refractivity contribution >= 4 is 17.6 Å². The molecule has 0 radical (unpaired) electrons. The predicted molar refractivity (Wildman–Crippen MR) is 69.9 cm³/mol. The van der Waals surface area contributed by atoms with Crippen molar-refractivity contribution in [2.45, 2.75) is 0 Å². The van der Waals surface area contributed by atoms with Gasteiger partial charge in [0.15, 0.2) is 6.61 Å². The average Bonchev–Trinajstić information content (AvgIpc) is 2.38. The van der Waals surface area contributed by atoms with Crippen LogP contribution in [0, 0.1) is 12.3 Å². The van der Waals surface area contributed by atoms with Gasteiger partial charge in [-0.05, 0) is 12.1 Å². The Morgan fingerprint density at radius 3 is 2.79 bits per heavy atom. The number of rotatable bonds is 7. The molecule has 0 aliphatic rings. The smallest absolute Gasteiger partial charge is 0.341 e. The fourth-order valence-electron chi connectivity index (χ4n) is 1.28. The first-order valence-electron chi connectivity index (χ1n) is 5.51. The van der Waals surface area contributed by atoms with Gasteiger partial charge in [0, 0.05) is 0 Å². The second-order valence-corrected chi connectivity index (χ2v) is 3.53. The van der Waals surface area contributed by atoms with Gasteiger partial charge in [-0.25, -0.2) is 4.79 Å². The molecule has 1 aromatic carbocycles. The van der Waals surface area contributed by atoms with E-state index in [4.69, 9.17) is 16.3 Å². The van der Waals surface area contributed by atoms with E-state index in [0.717, 1.165) is 0 Å². The molecule has 1 aromatic rings. The quantitative estimate of drug-likeness (QED) is 0.486. The summed E-state index contributed by atoms with van der Waals surface area (Å²) >= 11 is 0. The number of anilines is 1. The van der Waals surface area contributed by atoms with Crippen molar-refractivity contribution in [3.8, 4) is 18.1 Å². The zero-order valence-corrected chi connectivity index (χ0v) is 10.2. The Morgan fingerprint density at radius 2 is 2.11 bits per heavy atom. The highest BCUT2D eigenvalue weighted by molar-refractivity contribution is 5.93. The van der Waals surface area contributed by atoms with E-state index in [1.807, 2.05) is 0 Å². The van der Waals surface area contributed by atoms with E-state index in [0.29, 0.717) is 18.0 Å². The molecule has 0 heterocycles. The standard InChI is InChI=1S/C13H14N2O4/c1-2-7-14-8-12(16)15-10-5-3-4-6-11(10)19-9-13(17)18/h1,3-6,14H,7-9H2,(H,15,16)(H,17,18). The number of hydrogen-bond acceptors (Lipinski definition) is 4. The molecule has 0 fully saturated rings. The lowest BCUT2D eigenvalue weighted by Crippen LogP contribution is -2.28. The van der Waals surface area contributed by atoms with Crippen LogP contribution in [0.4, 0.5) is 5.69 Å². The van der Waals surface area contributed by atoms with E-state index in [-0.39, 0.29) is 12.5 Å². The van der Waals surface area contributed by atoms with E-state index in [1.54, 1.807) is 24.3 Å². The number of carboxylic acids is 1. The van der Waals surface area contributed by atoms with Crippen LogP contribution in [0.15, 0.2) is 24.3 Å². The SMILES string of the molecule is C#CCNCC(=O)Nc1ccccc1OCC(=O)O. The minimum atomic E-state index is -1.09. The Labute approximate surface area is 110 Å². The Bertz CT molecular complexity index is 494. The van der Waals surface area contributed by atoms with Gasteiger partial charge in [-0.3, -0.25) is 10.1 Å². The first-order chi connectivity index (χ1) is 9.13. The molecule has 1 rings (SSSR count). The summed E-state index contributed by atoms with van der Waals surface area (Å²) in [5, 5.41) is 13.9. The number of carboxylic acid groups (broad SMARTS) is 1. The summed E-state index contributed by atoms with van der Waals surface area (Å²) in [4.78, 5) is 22.0. The van der Waals surface area contributed by atoms with E-state index >= 15 is 0 Å². The second-order valence-electron chi connectivity index (χ2n) is 3.53. The molecule has 0 saturated heterocycles. The number of carbonyl (C=O) groups excluding carboxylic acids is 1. The van der Waals surface area contributed by atoms with Crippen LogP contribution in [-0.4, -0.2) is 36.7 Å². The highest BCUT2D eigenvalue weighted by Gasteiger charge is 2.08. The summed E-state index contributed by atoms with van der Waals surface area (Å²) in [7, 11) is 0. The van der Waals surface area contributed by atoms with Crippen molar-refractivity contribution in [3.63, 3.8) is 0 Å². The van der Waals surface area contributed by atoms with Gasteiger partial charge in [-0.1, -0.05) is 18.1 Å². The van der Waals surface area contributed by atoms with E-state index in [9.17, 15) is 9.59 Å². The number of aliphatic carboxylic acids is 1. The fourth-order valence-corrected chi connectivity index (χ4v) is 1.28. The van der Waals surface area contributed by atoms with Crippen molar-refractivity contribution in [2.75, 3.05) is 25.0 Å². The number of terminal acetylenes is 1. The van der Waals surface area contributed by atoms with Gasteiger partial charge in [0.05, 0.1) is 18.8 Å². The van der Waals surface area contributed by atoms with E-state index < -0.39 is 12.6 Å². The summed E-state index contributed by atoms with van der Waals surface area (Å²) < 4.78 is 5.06. The lowest BCUT2D eigenvalue weighted by atomic mass is 10.3. The predicted octanol–water partition coefficient (Wildman–Crippen LogP) is 0.311. The number of hydrogen-bond donors (Lipinski definition) is 3. The number of amides is 1. The van der Waals surface area contributed by atoms with Crippen LogP contribution in [0.25, 0.3) is 0 Å². The molecule has 100 valence electrons. The molecule has 0 unspecified atom stereocenters. The highest BCUT2D eigenvalue weighted by atomic mass is 16.5. The van der Waals surface area contributed by atoms with Crippen molar-refractivity contribution in [1.82, 2.24) is 5.32 Å². The Hall–Kier alpha value is -2.52. The van der Waals surface area contributed by atoms with Crippen LogP contribution in [0.2, 0.25) is 0 Å². The number of ether oxygens (including phenoxy) is 1. The van der Waals surface area contributed by atoms with Crippen LogP contribution >= 0.6 is 0 Å². The number of nitrogens with one attached hydrogen (secondary N) is 2. The molecular weight excluding hydrogens is 248 g/mol. The largest absolute Gasteiger partial charge is 0.480 e. The van der Waals surface area contributed by atoms with Crippen molar-refractivity contribution in [1.29, 1.82) is 0 Å². The highest BCUT2D eigenvalue weighted by Crippen LogP contribution is 2.23. The summed E-state index contributed by atoms with van der Waals surface area (Å²) in [5.74, 6) is 1.27. The van der Waals surface area contributed by atoms with Gasteiger partial charge in [-0.2, -0.15) is 0 Å². The molecule has 0 saturated carbocycles. The first-order valence-corrected chi connectivity index (χ1v) is 5.51. The molecule has 0 aromatic heterocycles. The Morgan fingerprint density at radius 1 is 1.37 bits per heavy atom. The topological polar surface area (TPSA) is 87.7 Å². The Balaban J connectivity index is 2.59. The minimum absolute atomic E-state index is 0.0669. The van der Waals surface area contributed by atoms with Crippen LogP contribution in [0.5, 0.6) is 5.75 Å². The van der Waals surface area contributed by atoms with E-state index in [2.05, 4.69) is 16.6 Å². The van der Waals surface area contributed by atoms with Gasteiger partial charge < -0.3 is 15.2 Å². The zero-order valence-electron chi connectivity index (χ0n) is 10.2. The molecule has 1 amide bonds. The molecule has 0 aliphatic heterocycles. The minimum Gasteiger partial charge on any atom is -0.480 e. The maximum atomic E-state index is 11.6. The van der Waals surface area contributed by atoms with Gasteiger partial charge in [-0.15, -0.1) is 6.42 Å². The third-order valence-electron chi connectivity index (χ3n) is 2.02. The van der Waals surface area contributed by atoms with Crippen molar-refractivity contribution in [3.05, 3.63) is 24.3 Å². The zero-order chi connectivity index (χ0) is 14.1. The summed E-state index contributed by atoms with van der Waals surface area (Å²) in [6.45, 7) is -0.107. The number of benzene rings is 1. The maximum absolute atomic E-state index is 11.6. The number of para-hydroxylation sites is 2. The molecule has 6 heteroatoms. The third-order valence-corrected chi connectivity index (χ3v) is 2.02. The van der Waals surface area contributed by atoms with Crippen LogP contribution in [0.3, 0.4) is 0 Å². The summed E-state index contributed by atoms with van der Waals surface area (Å²) in [5.41, 5.74) is 0.413. The van der Waals surface area contributed by atoms with Crippen molar-refractivity contribution < 1.29 is 19.4 Å². The van der Waals surface area contributed by atoms with Gasteiger partial charge in [0.25, 0.3) is 0 Å². The fraction of sp³-hybridized carbons (Fsp3) is 0.231. The summed E-state index contributed by atoms with van der Waals surface area (Å²) in [6, 6.07) is 6.59. The second kappa shape index (κ2) is 7.74. The third kappa shape index (κ3) is 5.57.